The van der Waals surface area contributed by atoms with Crippen LogP contribution in [0.5, 0.6) is 0 Å². The summed E-state index contributed by atoms with van der Waals surface area (Å²) in [5.41, 5.74) is 0. The van der Waals surface area contributed by atoms with Crippen molar-refractivity contribution in [2.75, 3.05) is 5.75 Å². The average molecular weight is 115 g/mol. The zero-order chi connectivity index (χ0) is 5.54. The third-order valence-corrected chi connectivity index (χ3v) is 1.08. The van der Waals surface area contributed by atoms with Crippen LogP contribution in [0, 0.1) is 0 Å². The summed E-state index contributed by atoms with van der Waals surface area (Å²) >= 11 is 1.72. The Morgan fingerprint density at radius 2 is 2.57 bits per heavy atom. The molecule has 0 aliphatic carbocycles. The van der Waals surface area contributed by atoms with Gasteiger partial charge in [0.2, 0.25) is 0 Å². The standard InChI is InChI=1S/C5H9NS/c1-3-7-5-4-6-2/h4-5H,2-3H2,1H3/b5-4-. The van der Waals surface area contributed by atoms with E-state index >= 15 is 0 Å². The van der Waals surface area contributed by atoms with E-state index in [0.717, 1.165) is 5.75 Å². The summed E-state index contributed by atoms with van der Waals surface area (Å²) in [5, 5.41) is 1.92. The van der Waals surface area contributed by atoms with Gasteiger partial charge in [-0.25, -0.2) is 0 Å². The lowest BCUT2D eigenvalue weighted by Crippen LogP contribution is -1.54. The molecule has 40 valence electrons. The van der Waals surface area contributed by atoms with Crippen LogP contribution in [0.25, 0.3) is 0 Å². The van der Waals surface area contributed by atoms with Crippen LogP contribution in [0.2, 0.25) is 0 Å². The third-order valence-electron chi connectivity index (χ3n) is 0.429. The second-order valence-corrected chi connectivity index (χ2v) is 2.11. The van der Waals surface area contributed by atoms with E-state index < -0.39 is 0 Å². The summed E-state index contributed by atoms with van der Waals surface area (Å²) < 4.78 is 0. The summed E-state index contributed by atoms with van der Waals surface area (Å²) in [5.74, 6) is 1.10. The van der Waals surface area contributed by atoms with Crippen molar-refractivity contribution in [2.45, 2.75) is 6.92 Å². The van der Waals surface area contributed by atoms with E-state index in [2.05, 4.69) is 18.6 Å². The second-order valence-electron chi connectivity index (χ2n) is 0.923. The lowest BCUT2D eigenvalue weighted by molar-refractivity contribution is 1.53. The molecule has 0 saturated carbocycles. The molecule has 2 heteroatoms. The first kappa shape index (κ1) is 6.76. The fraction of sp³-hybridized carbons (Fsp3) is 0.400. The van der Waals surface area contributed by atoms with Crippen LogP contribution in [0.4, 0.5) is 0 Å². The molecule has 0 radical (unpaired) electrons. The van der Waals surface area contributed by atoms with Gasteiger partial charge in [0, 0.05) is 6.20 Å². The van der Waals surface area contributed by atoms with Crippen molar-refractivity contribution in [1.82, 2.24) is 0 Å². The zero-order valence-corrected chi connectivity index (χ0v) is 5.24. The fourth-order valence-corrected chi connectivity index (χ4v) is 0.547. The molecule has 0 rings (SSSR count). The Labute approximate surface area is 48.5 Å². The van der Waals surface area contributed by atoms with Gasteiger partial charge >= 0.3 is 0 Å². The highest BCUT2D eigenvalue weighted by atomic mass is 32.2. The summed E-state index contributed by atoms with van der Waals surface area (Å²) in [6.45, 7) is 5.38. The molecule has 0 aliphatic rings. The predicted octanol–water partition coefficient (Wildman–Crippen LogP) is 1.91. The van der Waals surface area contributed by atoms with Crippen LogP contribution < -0.4 is 0 Å². The van der Waals surface area contributed by atoms with E-state index in [4.69, 9.17) is 0 Å². The Morgan fingerprint density at radius 3 is 3.00 bits per heavy atom. The molecule has 1 nitrogen and oxygen atoms in total. The second kappa shape index (κ2) is 5.76. The highest BCUT2D eigenvalue weighted by Gasteiger charge is 1.66. The molecule has 0 N–H and O–H groups in total. The van der Waals surface area contributed by atoms with Gasteiger partial charge in [0.25, 0.3) is 0 Å². The maximum atomic E-state index is 3.52. The normalized spacial score (nSPS) is 9.86. The van der Waals surface area contributed by atoms with E-state index in [-0.39, 0.29) is 0 Å². The SMILES string of the molecule is C=N/C=C\SCC. The molecule has 0 amide bonds. The number of nitrogens with zero attached hydrogens (tertiary/aromatic N) is 1. The Morgan fingerprint density at radius 1 is 1.86 bits per heavy atom. The third kappa shape index (κ3) is 5.76. The Balaban J connectivity index is 2.92. The predicted molar refractivity (Wildman–Crippen MR) is 36.8 cm³/mol. The van der Waals surface area contributed by atoms with Crippen LogP contribution in [0.1, 0.15) is 6.92 Å². The van der Waals surface area contributed by atoms with Crippen LogP contribution in [0.15, 0.2) is 16.6 Å². The van der Waals surface area contributed by atoms with E-state index in [1.165, 1.54) is 0 Å². The van der Waals surface area contributed by atoms with Gasteiger partial charge < -0.3 is 0 Å². The molecular formula is C5H9NS. The van der Waals surface area contributed by atoms with Crippen molar-refractivity contribution in [3.63, 3.8) is 0 Å². The quantitative estimate of drug-likeness (QED) is 0.512. The van der Waals surface area contributed by atoms with Gasteiger partial charge in [-0.3, -0.25) is 4.99 Å². The Bertz CT molecular complexity index is 68.5. The number of aliphatic imine (C=N–C) groups is 1. The summed E-state index contributed by atoms with van der Waals surface area (Å²) in [6.07, 6.45) is 1.69. The van der Waals surface area contributed by atoms with Gasteiger partial charge in [-0.05, 0) is 17.9 Å². The van der Waals surface area contributed by atoms with E-state index in [9.17, 15) is 0 Å². The first-order valence-electron chi connectivity index (χ1n) is 2.14. The summed E-state index contributed by atoms with van der Waals surface area (Å²) in [6, 6.07) is 0. The Kier molecular flexibility index (Phi) is 5.56. The van der Waals surface area contributed by atoms with E-state index in [1.807, 2.05) is 5.41 Å². The van der Waals surface area contributed by atoms with Gasteiger partial charge in [0.05, 0.1) is 0 Å². The average Bonchev–Trinajstić information content (AvgIpc) is 1.69. The lowest BCUT2D eigenvalue weighted by Gasteiger charge is -1.77. The van der Waals surface area contributed by atoms with Gasteiger partial charge in [-0.15, -0.1) is 11.8 Å². The molecule has 0 aromatic carbocycles. The van der Waals surface area contributed by atoms with Gasteiger partial charge in [0.15, 0.2) is 0 Å². The first-order valence-corrected chi connectivity index (χ1v) is 3.19. The van der Waals surface area contributed by atoms with Crippen molar-refractivity contribution in [3.8, 4) is 0 Å². The van der Waals surface area contributed by atoms with E-state index in [1.54, 1.807) is 18.0 Å². The molecule has 0 fully saturated rings. The molecule has 0 aromatic heterocycles. The molecule has 0 spiro atoms. The van der Waals surface area contributed by atoms with Crippen LogP contribution in [0.3, 0.4) is 0 Å². The molecule has 0 heterocycles. The largest absolute Gasteiger partial charge is 0.272 e. The van der Waals surface area contributed by atoms with Gasteiger partial charge in [0.1, 0.15) is 0 Å². The lowest BCUT2D eigenvalue weighted by atomic mass is 11.0. The van der Waals surface area contributed by atoms with Crippen LogP contribution >= 0.6 is 11.8 Å². The highest BCUT2D eigenvalue weighted by Crippen LogP contribution is 1.98. The number of rotatable bonds is 3. The molecule has 0 unspecified atom stereocenters. The maximum Gasteiger partial charge on any atom is 0.0323 e. The van der Waals surface area contributed by atoms with Crippen LogP contribution in [-0.4, -0.2) is 12.5 Å². The van der Waals surface area contributed by atoms with Gasteiger partial charge in [-0.1, -0.05) is 6.92 Å². The van der Waals surface area contributed by atoms with Crippen molar-refractivity contribution in [3.05, 3.63) is 11.6 Å². The van der Waals surface area contributed by atoms with Crippen LogP contribution in [-0.2, 0) is 0 Å². The molecule has 0 atom stereocenters. The minimum absolute atomic E-state index is 1.10. The summed E-state index contributed by atoms with van der Waals surface area (Å²) in [4.78, 5) is 3.52. The highest BCUT2D eigenvalue weighted by molar-refractivity contribution is 8.02. The molecule has 0 aliphatic heterocycles. The zero-order valence-electron chi connectivity index (χ0n) is 4.42. The topological polar surface area (TPSA) is 12.4 Å². The van der Waals surface area contributed by atoms with Crippen molar-refractivity contribution in [2.24, 2.45) is 4.99 Å². The Hall–Kier alpha value is -0.240. The molecule has 0 aromatic rings. The fourth-order valence-electron chi connectivity index (χ4n) is 0.182. The number of hydrogen-bond donors (Lipinski definition) is 0. The number of hydrogen-bond acceptors (Lipinski definition) is 2. The summed E-state index contributed by atoms with van der Waals surface area (Å²) in [7, 11) is 0. The van der Waals surface area contributed by atoms with Crippen molar-refractivity contribution >= 4 is 18.5 Å². The van der Waals surface area contributed by atoms with Crippen molar-refractivity contribution in [1.29, 1.82) is 0 Å². The minimum atomic E-state index is 1.10. The molecular weight excluding hydrogens is 106 g/mol. The maximum absolute atomic E-state index is 3.52. The first-order chi connectivity index (χ1) is 3.41. The minimum Gasteiger partial charge on any atom is -0.272 e. The molecule has 0 saturated heterocycles. The molecule has 0 bridgehead atoms. The number of thioether (sulfide) groups is 1. The monoisotopic (exact) mass is 115 g/mol. The van der Waals surface area contributed by atoms with Gasteiger partial charge in [-0.2, -0.15) is 0 Å². The van der Waals surface area contributed by atoms with Crippen molar-refractivity contribution < 1.29 is 0 Å². The smallest absolute Gasteiger partial charge is 0.0323 e. The molecule has 7 heavy (non-hydrogen) atoms. The van der Waals surface area contributed by atoms with E-state index in [0.29, 0.717) is 0 Å².